The van der Waals surface area contributed by atoms with Gasteiger partial charge in [-0.15, -0.1) is 0 Å². The van der Waals surface area contributed by atoms with Crippen molar-refractivity contribution in [2.75, 3.05) is 14.2 Å². The molecule has 0 N–H and O–H groups in total. The van der Waals surface area contributed by atoms with E-state index in [-0.39, 0.29) is 0 Å². The van der Waals surface area contributed by atoms with E-state index >= 15 is 0 Å². The van der Waals surface area contributed by atoms with E-state index in [0.29, 0.717) is 22.6 Å². The summed E-state index contributed by atoms with van der Waals surface area (Å²) in [4.78, 5) is 20.0. The van der Waals surface area contributed by atoms with E-state index < -0.39 is 4.92 Å². The minimum atomic E-state index is -0.512. The molecule has 8 heteroatoms. The lowest BCUT2D eigenvalue weighted by atomic mass is 10.2. The summed E-state index contributed by atoms with van der Waals surface area (Å²) < 4.78 is 11.8. The topological polar surface area (TPSA) is 78.7 Å². The van der Waals surface area contributed by atoms with E-state index in [2.05, 4.69) is 31.9 Å². The average molecular weight is 473 g/mol. The van der Waals surface area contributed by atoms with Crippen molar-refractivity contribution in [2.45, 2.75) is 0 Å². The maximum atomic E-state index is 10.4. The number of methoxy groups -OCH3 is 2. The Morgan fingerprint density at radius 1 is 0.960 bits per heavy atom. The van der Waals surface area contributed by atoms with Crippen LogP contribution in [0.5, 0.6) is 11.5 Å². The molecule has 0 saturated heterocycles. The monoisotopic (exact) mass is 471 g/mol. The lowest BCUT2D eigenvalue weighted by Crippen LogP contribution is -1.89. The number of benzene rings is 2. The van der Waals surface area contributed by atoms with E-state index in [1.165, 1.54) is 20.3 Å². The van der Waals surface area contributed by atoms with Crippen molar-refractivity contribution >= 4 is 44.2 Å². The third kappa shape index (κ3) is 7.06. The molecule has 25 heavy (non-hydrogen) atoms. The van der Waals surface area contributed by atoms with Gasteiger partial charge in [0.25, 0.3) is 0 Å². The van der Waals surface area contributed by atoms with Gasteiger partial charge < -0.3 is 9.47 Å². The number of hydrogen-bond donors (Lipinski definition) is 0. The number of hydrogen-bond acceptors (Lipinski definition) is 5. The van der Waals surface area contributed by atoms with Crippen LogP contribution in [-0.2, 0) is 0 Å². The molecule has 0 spiro atoms. The first kappa shape index (κ1) is 20.9. The van der Waals surface area contributed by atoms with Crippen LogP contribution in [0.3, 0.4) is 0 Å². The summed E-state index contributed by atoms with van der Waals surface area (Å²) in [5, 5.41) is 10.1. The SMILES string of the molecule is COc1cc(Br)ccc1C=C[N+](=O)[O-].COc1cc(Br)ccc1C=O. The molecule has 0 aliphatic heterocycles. The third-order valence-corrected chi connectivity index (χ3v) is 3.88. The van der Waals surface area contributed by atoms with E-state index in [1.54, 1.807) is 36.4 Å². The van der Waals surface area contributed by atoms with Crippen molar-refractivity contribution in [2.24, 2.45) is 0 Å². The summed E-state index contributed by atoms with van der Waals surface area (Å²) in [7, 11) is 3.06. The van der Waals surface area contributed by atoms with Crippen LogP contribution in [0.25, 0.3) is 6.08 Å². The number of nitrogens with zero attached hydrogens (tertiary/aromatic N) is 1. The normalized spacial score (nSPS) is 9.92. The molecule has 0 unspecified atom stereocenters. The van der Waals surface area contributed by atoms with Crippen molar-refractivity contribution in [1.29, 1.82) is 0 Å². The van der Waals surface area contributed by atoms with Crippen LogP contribution in [0.15, 0.2) is 51.5 Å². The molecule has 0 bridgehead atoms. The molecule has 6 nitrogen and oxygen atoms in total. The Bertz CT molecular complexity index is 778. The van der Waals surface area contributed by atoms with E-state index in [0.717, 1.165) is 21.4 Å². The van der Waals surface area contributed by atoms with Crippen LogP contribution in [0.4, 0.5) is 0 Å². The molecular weight excluding hydrogens is 458 g/mol. The lowest BCUT2D eigenvalue weighted by Gasteiger charge is -2.03. The largest absolute Gasteiger partial charge is 0.496 e. The van der Waals surface area contributed by atoms with Crippen LogP contribution in [-0.4, -0.2) is 25.4 Å². The van der Waals surface area contributed by atoms with E-state index in [9.17, 15) is 14.9 Å². The van der Waals surface area contributed by atoms with Gasteiger partial charge in [-0.1, -0.05) is 31.9 Å². The predicted octanol–water partition coefficient (Wildman–Crippen LogP) is 4.98. The molecule has 2 aromatic rings. The highest BCUT2D eigenvalue weighted by atomic mass is 79.9. The summed E-state index contributed by atoms with van der Waals surface area (Å²) >= 11 is 6.55. The first-order chi connectivity index (χ1) is 11.9. The van der Waals surface area contributed by atoms with Gasteiger partial charge in [-0.05, 0) is 36.4 Å². The molecule has 0 saturated carbocycles. The molecule has 0 fully saturated rings. The molecular formula is C17H15Br2NO5. The quantitative estimate of drug-likeness (QED) is 0.348. The lowest BCUT2D eigenvalue weighted by molar-refractivity contribution is -0.400. The number of carbonyl (C=O) groups excluding carboxylic acids is 1. The Hall–Kier alpha value is -2.19. The molecule has 0 aliphatic rings. The number of carbonyl (C=O) groups is 1. The van der Waals surface area contributed by atoms with Crippen LogP contribution in [0, 0.1) is 10.1 Å². The van der Waals surface area contributed by atoms with Gasteiger partial charge in [-0.25, -0.2) is 0 Å². The van der Waals surface area contributed by atoms with Crippen molar-refractivity contribution < 1.29 is 19.2 Å². The fraction of sp³-hybridized carbons (Fsp3) is 0.118. The molecule has 132 valence electrons. The fourth-order valence-corrected chi connectivity index (χ4v) is 2.43. The highest BCUT2D eigenvalue weighted by molar-refractivity contribution is 9.10. The summed E-state index contributed by atoms with van der Waals surface area (Å²) in [6.45, 7) is 0. The minimum absolute atomic E-state index is 0.512. The number of aldehydes is 1. The molecule has 0 aliphatic carbocycles. The summed E-state index contributed by atoms with van der Waals surface area (Å²) in [5.74, 6) is 1.19. The zero-order chi connectivity index (χ0) is 18.8. The second-order valence-corrected chi connectivity index (χ2v) is 6.32. The molecule has 0 aromatic heterocycles. The number of rotatable bonds is 5. The number of halogens is 2. The number of ether oxygens (including phenoxy) is 2. The second-order valence-electron chi connectivity index (χ2n) is 4.49. The number of nitro groups is 1. The van der Waals surface area contributed by atoms with Gasteiger partial charge in [-0.3, -0.25) is 14.9 Å². The zero-order valence-corrected chi connectivity index (χ0v) is 16.6. The second kappa shape index (κ2) is 10.6. The van der Waals surface area contributed by atoms with E-state index in [1.807, 2.05) is 0 Å². The maximum absolute atomic E-state index is 10.4. The Morgan fingerprint density at radius 3 is 1.88 bits per heavy atom. The molecule has 2 rings (SSSR count). The van der Waals surface area contributed by atoms with Crippen molar-refractivity contribution in [3.8, 4) is 11.5 Å². The van der Waals surface area contributed by atoms with Crippen LogP contribution < -0.4 is 9.47 Å². The van der Waals surface area contributed by atoms with Crippen molar-refractivity contribution in [3.63, 3.8) is 0 Å². The Balaban J connectivity index is 0.000000257. The fourth-order valence-electron chi connectivity index (χ4n) is 1.75. The van der Waals surface area contributed by atoms with Gasteiger partial charge >= 0.3 is 0 Å². The predicted molar refractivity (Wildman–Crippen MR) is 103 cm³/mol. The summed E-state index contributed by atoms with van der Waals surface area (Å²) in [6, 6.07) is 10.5. The Morgan fingerprint density at radius 2 is 1.44 bits per heavy atom. The van der Waals surface area contributed by atoms with Gasteiger partial charge in [0.2, 0.25) is 6.20 Å². The van der Waals surface area contributed by atoms with Crippen molar-refractivity contribution in [1.82, 2.24) is 0 Å². The van der Waals surface area contributed by atoms with Gasteiger partial charge in [0.05, 0.1) is 24.7 Å². The molecule has 0 amide bonds. The van der Waals surface area contributed by atoms with Crippen LogP contribution in [0.2, 0.25) is 0 Å². The van der Waals surface area contributed by atoms with E-state index in [4.69, 9.17) is 9.47 Å². The third-order valence-electron chi connectivity index (χ3n) is 2.89. The highest BCUT2D eigenvalue weighted by Gasteiger charge is 2.01. The standard InChI is InChI=1S/C9H8BrNO3.C8H7BrO2/c1-14-9-6-8(10)3-2-7(9)4-5-11(12)13;1-11-8-4-7(9)3-2-6(8)5-10/h2-6H,1H3;2-5H,1H3. The molecule has 0 radical (unpaired) electrons. The van der Waals surface area contributed by atoms with Gasteiger partial charge in [0, 0.05) is 20.6 Å². The zero-order valence-electron chi connectivity index (χ0n) is 13.4. The Labute approximate surface area is 161 Å². The van der Waals surface area contributed by atoms with Gasteiger partial charge in [0.1, 0.15) is 11.5 Å². The van der Waals surface area contributed by atoms with Gasteiger partial charge in [0.15, 0.2) is 6.29 Å². The summed E-state index contributed by atoms with van der Waals surface area (Å²) in [6.07, 6.45) is 3.04. The average Bonchev–Trinajstić information content (AvgIpc) is 2.60. The summed E-state index contributed by atoms with van der Waals surface area (Å²) in [5.41, 5.74) is 1.24. The van der Waals surface area contributed by atoms with Crippen LogP contribution in [0.1, 0.15) is 15.9 Å². The molecule has 0 atom stereocenters. The minimum Gasteiger partial charge on any atom is -0.496 e. The maximum Gasteiger partial charge on any atom is 0.235 e. The molecule has 0 heterocycles. The molecule has 2 aromatic carbocycles. The van der Waals surface area contributed by atoms with Crippen molar-refractivity contribution in [3.05, 3.63) is 72.8 Å². The highest BCUT2D eigenvalue weighted by Crippen LogP contribution is 2.24. The van der Waals surface area contributed by atoms with Crippen LogP contribution >= 0.6 is 31.9 Å². The smallest absolute Gasteiger partial charge is 0.235 e. The van der Waals surface area contributed by atoms with Gasteiger partial charge in [-0.2, -0.15) is 0 Å². The first-order valence-corrected chi connectivity index (χ1v) is 8.43. The first-order valence-electron chi connectivity index (χ1n) is 6.85. The Kier molecular flexibility index (Phi) is 8.87.